The van der Waals surface area contributed by atoms with Crippen LogP contribution >= 0.6 is 0 Å². The van der Waals surface area contributed by atoms with Gasteiger partial charge in [-0.25, -0.2) is 4.39 Å². The molecule has 0 radical (unpaired) electrons. The number of hydrogen-bond acceptors (Lipinski definition) is 5. The van der Waals surface area contributed by atoms with Crippen molar-refractivity contribution in [2.24, 2.45) is 5.73 Å². The van der Waals surface area contributed by atoms with Crippen LogP contribution in [0.3, 0.4) is 0 Å². The van der Waals surface area contributed by atoms with Crippen molar-refractivity contribution in [1.29, 1.82) is 0 Å². The molecule has 3 aromatic carbocycles. The Morgan fingerprint density at radius 2 is 2.00 bits per heavy atom. The van der Waals surface area contributed by atoms with Crippen LogP contribution in [0, 0.1) is 5.82 Å². The highest BCUT2D eigenvalue weighted by molar-refractivity contribution is 5.71. The van der Waals surface area contributed by atoms with Crippen LogP contribution in [0.4, 0.5) is 4.39 Å². The molecule has 0 saturated carbocycles. The molecule has 7 heteroatoms. The average molecular weight is 480 g/mol. The van der Waals surface area contributed by atoms with Gasteiger partial charge in [0.1, 0.15) is 30.5 Å². The Morgan fingerprint density at radius 3 is 2.74 bits per heavy atom. The Hall–Kier alpha value is -3.42. The van der Waals surface area contributed by atoms with Gasteiger partial charge in [-0.15, -0.1) is 0 Å². The minimum absolute atomic E-state index is 0.0411. The molecule has 6 nitrogen and oxygen atoms in total. The average Bonchev–Trinajstić information content (AvgIpc) is 3.35. The van der Waals surface area contributed by atoms with Crippen molar-refractivity contribution in [3.05, 3.63) is 83.2 Å². The van der Waals surface area contributed by atoms with Gasteiger partial charge in [0, 0.05) is 29.3 Å². The molecule has 1 saturated heterocycles. The lowest BCUT2D eigenvalue weighted by atomic mass is 9.97. The first-order chi connectivity index (χ1) is 16.9. The van der Waals surface area contributed by atoms with Gasteiger partial charge in [0.15, 0.2) is 0 Å². The van der Waals surface area contributed by atoms with Gasteiger partial charge in [-0.05, 0) is 55.2 Å². The minimum Gasteiger partial charge on any atom is -0.491 e. The largest absolute Gasteiger partial charge is 0.491 e. The molecule has 0 bridgehead atoms. The summed E-state index contributed by atoms with van der Waals surface area (Å²) in [5.74, 6) is -0.219. The third kappa shape index (κ3) is 6.38. The molecule has 1 aliphatic rings. The van der Waals surface area contributed by atoms with Gasteiger partial charge in [-0.1, -0.05) is 36.4 Å². The summed E-state index contributed by atoms with van der Waals surface area (Å²) in [5, 5.41) is 9.19. The maximum absolute atomic E-state index is 15.3. The van der Waals surface area contributed by atoms with E-state index < -0.39 is 12.0 Å². The van der Waals surface area contributed by atoms with Crippen LogP contribution in [-0.2, 0) is 22.6 Å². The van der Waals surface area contributed by atoms with Crippen molar-refractivity contribution in [2.75, 3.05) is 13.2 Å². The van der Waals surface area contributed by atoms with E-state index in [4.69, 9.17) is 19.9 Å². The summed E-state index contributed by atoms with van der Waals surface area (Å²) in [6.07, 6.45) is 1.86. The molecule has 0 spiro atoms. The molecule has 35 heavy (non-hydrogen) atoms. The number of ether oxygens (including phenoxy) is 3. The van der Waals surface area contributed by atoms with Crippen LogP contribution in [0.2, 0.25) is 0 Å². The van der Waals surface area contributed by atoms with Crippen LogP contribution in [0.5, 0.6) is 11.5 Å². The SMILES string of the molecule is C[C@H](N)c1cccc(-c2cc(COc3ccccc3CC(=O)O)cc(OC[C@H]3CCCO3)c2)c1F. The quantitative estimate of drug-likeness (QED) is 0.411. The Balaban J connectivity index is 1.63. The molecule has 0 aromatic heterocycles. The molecule has 1 fully saturated rings. The number of carbonyl (C=O) groups is 1. The van der Waals surface area contributed by atoms with E-state index in [1.54, 1.807) is 55.5 Å². The van der Waals surface area contributed by atoms with E-state index in [9.17, 15) is 9.90 Å². The summed E-state index contributed by atoms with van der Waals surface area (Å²) in [6.45, 7) is 3.05. The van der Waals surface area contributed by atoms with Crippen LogP contribution in [0.1, 0.15) is 42.5 Å². The third-order valence-corrected chi connectivity index (χ3v) is 5.96. The molecule has 1 heterocycles. The van der Waals surface area contributed by atoms with E-state index in [0.717, 1.165) is 25.0 Å². The Kier molecular flexibility index (Phi) is 8.00. The van der Waals surface area contributed by atoms with Crippen molar-refractivity contribution in [1.82, 2.24) is 0 Å². The van der Waals surface area contributed by atoms with Crippen molar-refractivity contribution >= 4 is 5.97 Å². The Bertz CT molecular complexity index is 1170. The fourth-order valence-electron chi connectivity index (χ4n) is 4.19. The van der Waals surface area contributed by atoms with Crippen LogP contribution in [0.15, 0.2) is 60.7 Å². The van der Waals surface area contributed by atoms with Crippen molar-refractivity contribution in [2.45, 2.75) is 44.9 Å². The van der Waals surface area contributed by atoms with Gasteiger partial charge < -0.3 is 25.1 Å². The third-order valence-electron chi connectivity index (χ3n) is 5.96. The Morgan fingerprint density at radius 1 is 1.17 bits per heavy atom. The molecule has 0 amide bonds. The zero-order chi connectivity index (χ0) is 24.8. The molecule has 4 rings (SSSR count). The highest BCUT2D eigenvalue weighted by atomic mass is 19.1. The van der Waals surface area contributed by atoms with Crippen molar-refractivity contribution in [3.8, 4) is 22.6 Å². The number of para-hydroxylation sites is 1. The minimum atomic E-state index is -0.933. The lowest BCUT2D eigenvalue weighted by molar-refractivity contribution is -0.136. The maximum atomic E-state index is 15.3. The molecule has 2 atom stereocenters. The van der Waals surface area contributed by atoms with Gasteiger partial charge in [-0.2, -0.15) is 0 Å². The van der Waals surface area contributed by atoms with Gasteiger partial charge in [0.05, 0.1) is 12.5 Å². The molecule has 3 aromatic rings. The zero-order valence-corrected chi connectivity index (χ0v) is 19.7. The van der Waals surface area contributed by atoms with Gasteiger partial charge in [-0.3, -0.25) is 4.79 Å². The summed E-state index contributed by atoms with van der Waals surface area (Å²) >= 11 is 0. The zero-order valence-electron chi connectivity index (χ0n) is 19.7. The topological polar surface area (TPSA) is 91.0 Å². The summed E-state index contributed by atoms with van der Waals surface area (Å²) < 4.78 is 33.0. The molecular formula is C28H30FNO5. The second-order valence-electron chi connectivity index (χ2n) is 8.78. The lowest BCUT2D eigenvalue weighted by Gasteiger charge is -2.17. The number of nitrogens with two attached hydrogens (primary N) is 1. The molecule has 0 aliphatic carbocycles. The number of hydrogen-bond donors (Lipinski definition) is 2. The second-order valence-corrected chi connectivity index (χ2v) is 8.78. The first kappa shape index (κ1) is 24.7. The van der Waals surface area contributed by atoms with Crippen LogP contribution in [-0.4, -0.2) is 30.4 Å². The lowest BCUT2D eigenvalue weighted by Crippen LogP contribution is -2.16. The standard InChI is InChI=1S/C28H30FNO5/c1-18(30)24-8-4-9-25(28(24)29)21-12-19(13-23(14-21)34-17-22-7-5-11-33-22)16-35-26-10-3-2-6-20(26)15-27(31)32/h2-4,6,8-10,12-14,18,22H,5,7,11,15-17,30H2,1H3,(H,31,32)/t18-,22+/m0/s1. The first-order valence-corrected chi connectivity index (χ1v) is 11.8. The maximum Gasteiger partial charge on any atom is 0.307 e. The number of carboxylic acids is 1. The molecular weight excluding hydrogens is 449 g/mol. The highest BCUT2D eigenvalue weighted by Crippen LogP contribution is 2.32. The fourth-order valence-corrected chi connectivity index (χ4v) is 4.19. The Labute approximate surface area is 204 Å². The summed E-state index contributed by atoms with van der Waals surface area (Å²) in [4.78, 5) is 11.2. The summed E-state index contributed by atoms with van der Waals surface area (Å²) in [6, 6.07) is 17.3. The van der Waals surface area contributed by atoms with Crippen molar-refractivity contribution in [3.63, 3.8) is 0 Å². The second kappa shape index (κ2) is 11.3. The van der Waals surface area contributed by atoms with Crippen LogP contribution in [0.25, 0.3) is 11.1 Å². The van der Waals surface area contributed by atoms with E-state index in [1.165, 1.54) is 0 Å². The fraction of sp³-hybridized carbons (Fsp3) is 0.321. The smallest absolute Gasteiger partial charge is 0.307 e. The van der Waals surface area contributed by atoms with Crippen molar-refractivity contribution < 1.29 is 28.5 Å². The number of aliphatic carboxylic acids is 1. The highest BCUT2D eigenvalue weighted by Gasteiger charge is 2.18. The van der Waals surface area contributed by atoms with E-state index >= 15 is 4.39 Å². The number of halogens is 1. The normalized spacial score (nSPS) is 16.1. The number of benzene rings is 3. The number of rotatable bonds is 10. The van der Waals surface area contributed by atoms with Gasteiger partial charge in [0.2, 0.25) is 0 Å². The van der Waals surface area contributed by atoms with Crippen LogP contribution < -0.4 is 15.2 Å². The van der Waals surface area contributed by atoms with E-state index in [1.807, 2.05) is 12.1 Å². The van der Waals surface area contributed by atoms with E-state index in [0.29, 0.717) is 40.4 Å². The molecule has 0 unspecified atom stereocenters. The van der Waals surface area contributed by atoms with E-state index in [-0.39, 0.29) is 24.9 Å². The molecule has 1 aliphatic heterocycles. The van der Waals surface area contributed by atoms with Gasteiger partial charge >= 0.3 is 5.97 Å². The molecule has 184 valence electrons. The predicted octanol–water partition coefficient (Wildman–Crippen LogP) is 5.28. The van der Waals surface area contributed by atoms with E-state index in [2.05, 4.69) is 0 Å². The monoisotopic (exact) mass is 479 g/mol. The molecule has 3 N–H and O–H groups in total. The summed E-state index contributed by atoms with van der Waals surface area (Å²) in [5.41, 5.74) is 8.82. The summed E-state index contributed by atoms with van der Waals surface area (Å²) in [7, 11) is 0. The first-order valence-electron chi connectivity index (χ1n) is 11.8. The predicted molar refractivity (Wildman–Crippen MR) is 131 cm³/mol. The number of carboxylic acid groups (broad SMARTS) is 1. The van der Waals surface area contributed by atoms with Gasteiger partial charge in [0.25, 0.3) is 0 Å².